The molecule has 0 aliphatic heterocycles. The molecule has 7 heavy (non-hydrogen) atoms. The summed E-state index contributed by atoms with van der Waals surface area (Å²) in [5, 5.41) is 0.882. The van der Waals surface area contributed by atoms with Crippen LogP contribution in [0.2, 0.25) is 0 Å². The SMILES string of the molecule is O=CC=CS(=O)O. The fourth-order valence-electron chi connectivity index (χ4n) is 0.0993. The van der Waals surface area contributed by atoms with Crippen LogP contribution in [0.4, 0.5) is 0 Å². The number of aldehydes is 1. The first-order chi connectivity index (χ1) is 3.27. The predicted octanol–water partition coefficient (Wildman–Crippen LogP) is -0.0793. The lowest BCUT2D eigenvalue weighted by Gasteiger charge is -1.69. The zero-order valence-electron chi connectivity index (χ0n) is 3.40. The first kappa shape index (κ1) is 6.52. The molecule has 3 nitrogen and oxygen atoms in total. The van der Waals surface area contributed by atoms with Crippen LogP contribution in [-0.2, 0) is 15.9 Å². The zero-order valence-corrected chi connectivity index (χ0v) is 4.22. The Morgan fingerprint density at radius 1 is 1.57 bits per heavy atom. The van der Waals surface area contributed by atoms with Crippen LogP contribution in [0.15, 0.2) is 11.5 Å². The highest BCUT2D eigenvalue weighted by Gasteiger charge is 1.75. The average Bonchev–Trinajstić information content (AvgIpc) is 1.61. The summed E-state index contributed by atoms with van der Waals surface area (Å²) in [5.74, 6) is 0. The Morgan fingerprint density at radius 3 is 2.29 bits per heavy atom. The van der Waals surface area contributed by atoms with Gasteiger partial charge in [0.2, 0.25) is 0 Å². The van der Waals surface area contributed by atoms with Crippen molar-refractivity contribution in [2.24, 2.45) is 0 Å². The third-order valence-electron chi connectivity index (χ3n) is 0.274. The van der Waals surface area contributed by atoms with Crippen molar-refractivity contribution in [3.8, 4) is 0 Å². The molecule has 0 bridgehead atoms. The van der Waals surface area contributed by atoms with Gasteiger partial charge >= 0.3 is 0 Å². The van der Waals surface area contributed by atoms with E-state index < -0.39 is 11.1 Å². The molecule has 4 heteroatoms. The number of allylic oxidation sites excluding steroid dienone is 1. The van der Waals surface area contributed by atoms with Crippen molar-refractivity contribution in [1.29, 1.82) is 0 Å². The normalized spacial score (nSPS) is 14.4. The maximum absolute atomic E-state index is 9.62. The second kappa shape index (κ2) is 3.70. The van der Waals surface area contributed by atoms with Crippen LogP contribution in [0.5, 0.6) is 0 Å². The van der Waals surface area contributed by atoms with Gasteiger partial charge < -0.3 is 4.55 Å². The average molecular weight is 120 g/mol. The van der Waals surface area contributed by atoms with Gasteiger partial charge in [0.1, 0.15) is 6.29 Å². The maximum Gasteiger partial charge on any atom is 0.179 e. The molecule has 1 N–H and O–H groups in total. The third-order valence-corrected chi connectivity index (χ3v) is 0.664. The van der Waals surface area contributed by atoms with E-state index in [2.05, 4.69) is 0 Å². The molecule has 0 saturated heterocycles. The van der Waals surface area contributed by atoms with Crippen LogP contribution >= 0.6 is 0 Å². The Bertz CT molecular complexity index is 107. The van der Waals surface area contributed by atoms with Gasteiger partial charge in [0.05, 0.1) is 0 Å². The Kier molecular flexibility index (Phi) is 3.45. The smallest absolute Gasteiger partial charge is 0.179 e. The molecule has 0 radical (unpaired) electrons. The number of hydrogen-bond acceptors (Lipinski definition) is 2. The lowest BCUT2D eigenvalue weighted by molar-refractivity contribution is -0.104. The van der Waals surface area contributed by atoms with E-state index in [0.29, 0.717) is 6.29 Å². The topological polar surface area (TPSA) is 54.4 Å². The zero-order chi connectivity index (χ0) is 5.70. The van der Waals surface area contributed by atoms with Gasteiger partial charge in [-0.3, -0.25) is 4.79 Å². The Balaban J connectivity index is 3.46. The van der Waals surface area contributed by atoms with Crippen molar-refractivity contribution >= 4 is 17.4 Å². The maximum atomic E-state index is 9.62. The molecule has 0 aliphatic rings. The van der Waals surface area contributed by atoms with Crippen LogP contribution < -0.4 is 0 Å². The fourth-order valence-corrected chi connectivity index (χ4v) is 0.298. The molecule has 0 aromatic rings. The Morgan fingerprint density at radius 2 is 2.14 bits per heavy atom. The van der Waals surface area contributed by atoms with Crippen molar-refractivity contribution in [1.82, 2.24) is 0 Å². The van der Waals surface area contributed by atoms with Crippen LogP contribution in [0.25, 0.3) is 0 Å². The van der Waals surface area contributed by atoms with Gasteiger partial charge in [0, 0.05) is 5.41 Å². The Labute approximate surface area is 43.3 Å². The van der Waals surface area contributed by atoms with Crippen molar-refractivity contribution in [3.63, 3.8) is 0 Å². The summed E-state index contributed by atoms with van der Waals surface area (Å²) in [7, 11) is 0. The van der Waals surface area contributed by atoms with E-state index in [0.717, 1.165) is 11.5 Å². The molecular weight excluding hydrogens is 116 g/mol. The van der Waals surface area contributed by atoms with E-state index in [4.69, 9.17) is 4.55 Å². The van der Waals surface area contributed by atoms with Gasteiger partial charge in [0.25, 0.3) is 0 Å². The summed E-state index contributed by atoms with van der Waals surface area (Å²) >= 11 is -1.98. The molecule has 1 unspecified atom stereocenters. The minimum atomic E-state index is -1.98. The van der Waals surface area contributed by atoms with Crippen LogP contribution in [0.3, 0.4) is 0 Å². The quantitative estimate of drug-likeness (QED) is 0.315. The highest BCUT2D eigenvalue weighted by atomic mass is 32.2. The molecule has 40 valence electrons. The van der Waals surface area contributed by atoms with Gasteiger partial charge in [-0.25, -0.2) is 4.21 Å². The first-order valence-corrected chi connectivity index (χ1v) is 2.66. The molecular formula is C3H4O3S. The summed E-state index contributed by atoms with van der Waals surface area (Å²) in [6.45, 7) is 0. The summed E-state index contributed by atoms with van der Waals surface area (Å²) in [6.07, 6.45) is 1.41. The van der Waals surface area contributed by atoms with E-state index in [-0.39, 0.29) is 0 Å². The Hall–Kier alpha value is -0.480. The van der Waals surface area contributed by atoms with Crippen molar-refractivity contribution in [2.75, 3.05) is 0 Å². The van der Waals surface area contributed by atoms with Gasteiger partial charge in [-0.05, 0) is 6.08 Å². The lowest BCUT2D eigenvalue weighted by Crippen LogP contribution is -1.75. The van der Waals surface area contributed by atoms with Crippen LogP contribution in [-0.4, -0.2) is 15.0 Å². The summed E-state index contributed by atoms with van der Waals surface area (Å²) < 4.78 is 17.5. The summed E-state index contributed by atoms with van der Waals surface area (Å²) in [4.78, 5) is 9.38. The molecule has 1 atom stereocenters. The minimum Gasteiger partial charge on any atom is -0.303 e. The van der Waals surface area contributed by atoms with Crippen molar-refractivity contribution in [2.45, 2.75) is 0 Å². The molecule has 0 amide bonds. The molecule has 0 aliphatic carbocycles. The minimum absolute atomic E-state index is 0.439. The highest BCUT2D eigenvalue weighted by Crippen LogP contribution is 1.71. The second-order valence-electron chi connectivity index (χ2n) is 0.741. The van der Waals surface area contributed by atoms with Gasteiger partial charge in [0.15, 0.2) is 11.1 Å². The van der Waals surface area contributed by atoms with Crippen LogP contribution in [0.1, 0.15) is 0 Å². The number of carbonyl (C=O) groups excluding carboxylic acids is 1. The molecule has 0 aromatic carbocycles. The molecule has 0 fully saturated rings. The largest absolute Gasteiger partial charge is 0.303 e. The van der Waals surface area contributed by atoms with E-state index in [1.807, 2.05) is 0 Å². The monoisotopic (exact) mass is 120 g/mol. The number of rotatable bonds is 2. The summed E-state index contributed by atoms with van der Waals surface area (Å²) in [5.41, 5.74) is 0. The predicted molar refractivity (Wildman–Crippen MR) is 26.0 cm³/mol. The van der Waals surface area contributed by atoms with E-state index in [1.54, 1.807) is 0 Å². The molecule has 0 rings (SSSR count). The van der Waals surface area contributed by atoms with Crippen molar-refractivity contribution < 1.29 is 13.6 Å². The second-order valence-corrected chi connectivity index (χ2v) is 1.57. The number of carbonyl (C=O) groups is 1. The van der Waals surface area contributed by atoms with E-state index in [9.17, 15) is 9.00 Å². The van der Waals surface area contributed by atoms with Gasteiger partial charge in [-0.15, -0.1) is 0 Å². The number of hydrogen-bond donors (Lipinski definition) is 1. The first-order valence-electron chi connectivity index (χ1n) is 1.49. The molecule has 0 spiro atoms. The van der Waals surface area contributed by atoms with Gasteiger partial charge in [-0.2, -0.15) is 0 Å². The molecule has 0 saturated carbocycles. The lowest BCUT2D eigenvalue weighted by atomic mass is 10.7. The highest BCUT2D eigenvalue weighted by molar-refractivity contribution is 7.82. The van der Waals surface area contributed by atoms with E-state index in [1.165, 1.54) is 0 Å². The fraction of sp³-hybridized carbons (Fsp3) is 0. The standard InChI is InChI=1S/C3H4O3S/c4-2-1-3-7(5)6/h1-3H,(H,5,6). The van der Waals surface area contributed by atoms with Crippen molar-refractivity contribution in [3.05, 3.63) is 11.5 Å². The third kappa shape index (κ3) is 5.52. The van der Waals surface area contributed by atoms with Gasteiger partial charge in [-0.1, -0.05) is 0 Å². The molecule has 0 heterocycles. The molecule has 0 aromatic heterocycles. The van der Waals surface area contributed by atoms with Crippen LogP contribution in [0, 0.1) is 0 Å². The van der Waals surface area contributed by atoms with E-state index >= 15 is 0 Å². The summed E-state index contributed by atoms with van der Waals surface area (Å²) in [6, 6.07) is 0.